The smallest absolute Gasteiger partial charge is 0.335 e. The van der Waals surface area contributed by atoms with E-state index in [9.17, 15) is 14.4 Å². The zero-order valence-electron chi connectivity index (χ0n) is 16.8. The average Bonchev–Trinajstić information content (AvgIpc) is 2.77. The number of hydrogen-bond donors (Lipinski definition) is 1. The van der Waals surface area contributed by atoms with Crippen LogP contribution in [0.1, 0.15) is 11.1 Å². The molecular formula is C24H15Cl3N2O4. The van der Waals surface area contributed by atoms with Crippen LogP contribution in [-0.4, -0.2) is 17.8 Å². The van der Waals surface area contributed by atoms with Crippen LogP contribution < -0.4 is 15.0 Å². The first kappa shape index (κ1) is 22.9. The van der Waals surface area contributed by atoms with Gasteiger partial charge in [-0.25, -0.2) is 9.69 Å². The Morgan fingerprint density at radius 3 is 2.24 bits per heavy atom. The lowest BCUT2D eigenvalue weighted by Gasteiger charge is -2.26. The number of rotatable bonds is 5. The number of carbonyl (C=O) groups is 3. The van der Waals surface area contributed by atoms with Crippen LogP contribution in [-0.2, 0) is 16.2 Å². The number of hydrogen-bond acceptors (Lipinski definition) is 4. The Labute approximate surface area is 204 Å². The van der Waals surface area contributed by atoms with E-state index in [4.69, 9.17) is 39.5 Å². The van der Waals surface area contributed by atoms with Gasteiger partial charge in [-0.1, -0.05) is 65.1 Å². The molecule has 9 heteroatoms. The summed E-state index contributed by atoms with van der Waals surface area (Å²) in [6, 6.07) is 17.6. The van der Waals surface area contributed by atoms with Crippen molar-refractivity contribution in [1.82, 2.24) is 5.32 Å². The second-order valence-corrected chi connectivity index (χ2v) is 8.28. The van der Waals surface area contributed by atoms with E-state index in [1.807, 2.05) is 6.07 Å². The van der Waals surface area contributed by atoms with Crippen LogP contribution in [0.15, 0.2) is 72.3 Å². The number of ether oxygens (including phenoxy) is 1. The van der Waals surface area contributed by atoms with Gasteiger partial charge in [-0.3, -0.25) is 14.9 Å². The van der Waals surface area contributed by atoms with Crippen molar-refractivity contribution in [2.75, 3.05) is 4.90 Å². The number of halogens is 3. The first-order chi connectivity index (χ1) is 15.8. The minimum atomic E-state index is -0.825. The maximum Gasteiger partial charge on any atom is 0.335 e. The SMILES string of the molecule is O=C1NC(=O)N(c2ccccc2)C(=O)/C1=C/c1cc(Cl)c(OCc2cccc(Cl)c2)c(Cl)c1. The van der Waals surface area contributed by atoms with E-state index in [1.165, 1.54) is 18.2 Å². The van der Waals surface area contributed by atoms with Crippen LogP contribution in [0.4, 0.5) is 10.5 Å². The molecule has 1 aliphatic heterocycles. The minimum Gasteiger partial charge on any atom is -0.486 e. The summed E-state index contributed by atoms with van der Waals surface area (Å²) in [6.07, 6.45) is 1.32. The van der Waals surface area contributed by atoms with E-state index in [0.717, 1.165) is 10.5 Å². The Kier molecular flexibility index (Phi) is 6.70. The summed E-state index contributed by atoms with van der Waals surface area (Å²) in [5.74, 6) is -1.32. The molecule has 1 saturated heterocycles. The maximum atomic E-state index is 12.9. The number of nitrogens with zero attached hydrogens (tertiary/aromatic N) is 1. The standard InChI is InChI=1S/C24H15Cl3N2O4/c25-16-6-4-5-14(9-16)13-33-21-19(26)11-15(12-20(21)27)10-18-22(30)28-24(32)29(23(18)31)17-7-2-1-3-8-17/h1-12H,13H2,(H,28,30,32)/b18-10+. The van der Waals surface area contributed by atoms with Crippen molar-refractivity contribution in [2.24, 2.45) is 0 Å². The third kappa shape index (κ3) is 5.03. The molecule has 0 saturated carbocycles. The summed E-state index contributed by atoms with van der Waals surface area (Å²) in [7, 11) is 0. The van der Waals surface area contributed by atoms with Crippen LogP contribution in [0.25, 0.3) is 6.08 Å². The second kappa shape index (κ2) is 9.67. The molecule has 0 unspecified atom stereocenters. The molecule has 166 valence electrons. The van der Waals surface area contributed by atoms with E-state index in [-0.39, 0.29) is 28.0 Å². The van der Waals surface area contributed by atoms with E-state index in [2.05, 4.69) is 5.32 Å². The fraction of sp³-hybridized carbons (Fsp3) is 0.0417. The highest BCUT2D eigenvalue weighted by Gasteiger charge is 2.36. The summed E-state index contributed by atoms with van der Waals surface area (Å²) < 4.78 is 5.74. The summed E-state index contributed by atoms with van der Waals surface area (Å²) in [5.41, 5.74) is 1.31. The van der Waals surface area contributed by atoms with E-state index in [0.29, 0.717) is 16.3 Å². The predicted octanol–water partition coefficient (Wildman–Crippen LogP) is 5.89. The maximum absolute atomic E-state index is 12.9. The first-order valence-corrected chi connectivity index (χ1v) is 10.8. The number of benzene rings is 3. The van der Waals surface area contributed by atoms with Gasteiger partial charge in [-0.2, -0.15) is 0 Å². The normalized spacial score (nSPS) is 15.1. The molecule has 33 heavy (non-hydrogen) atoms. The fourth-order valence-electron chi connectivity index (χ4n) is 3.22. The van der Waals surface area contributed by atoms with Crippen molar-refractivity contribution in [2.45, 2.75) is 6.61 Å². The molecule has 1 aliphatic rings. The van der Waals surface area contributed by atoms with Crippen LogP contribution >= 0.6 is 34.8 Å². The highest BCUT2D eigenvalue weighted by Crippen LogP contribution is 2.36. The molecule has 1 N–H and O–H groups in total. The van der Waals surface area contributed by atoms with Gasteiger partial charge in [-0.05, 0) is 53.6 Å². The number of carbonyl (C=O) groups excluding carboxylic acids is 3. The van der Waals surface area contributed by atoms with E-state index in [1.54, 1.807) is 48.5 Å². The van der Waals surface area contributed by atoms with Gasteiger partial charge in [-0.15, -0.1) is 0 Å². The predicted molar refractivity (Wildman–Crippen MR) is 128 cm³/mol. The molecule has 3 aromatic rings. The number of barbiturate groups is 1. The van der Waals surface area contributed by atoms with Gasteiger partial charge in [0.25, 0.3) is 11.8 Å². The van der Waals surface area contributed by atoms with Gasteiger partial charge in [0, 0.05) is 5.02 Å². The summed E-state index contributed by atoms with van der Waals surface area (Å²) in [6.45, 7) is 0.190. The number of anilines is 1. The number of amides is 4. The molecule has 0 atom stereocenters. The molecule has 0 aliphatic carbocycles. The Morgan fingerprint density at radius 2 is 1.58 bits per heavy atom. The van der Waals surface area contributed by atoms with Gasteiger partial charge < -0.3 is 4.74 Å². The average molecular weight is 502 g/mol. The van der Waals surface area contributed by atoms with Crippen LogP contribution in [0.3, 0.4) is 0 Å². The Bertz CT molecular complexity index is 1270. The lowest BCUT2D eigenvalue weighted by atomic mass is 10.1. The van der Waals surface area contributed by atoms with Gasteiger partial charge >= 0.3 is 6.03 Å². The number of urea groups is 1. The van der Waals surface area contributed by atoms with Crippen molar-refractivity contribution in [3.8, 4) is 5.75 Å². The minimum absolute atomic E-state index is 0.190. The molecule has 0 aromatic heterocycles. The molecule has 4 amide bonds. The number of imide groups is 2. The lowest BCUT2D eigenvalue weighted by Crippen LogP contribution is -2.54. The molecule has 3 aromatic carbocycles. The van der Waals surface area contributed by atoms with Gasteiger partial charge in [0.15, 0.2) is 5.75 Å². The van der Waals surface area contributed by atoms with Gasteiger partial charge in [0.1, 0.15) is 12.2 Å². The van der Waals surface area contributed by atoms with Gasteiger partial charge in [0.2, 0.25) is 0 Å². The van der Waals surface area contributed by atoms with Crippen molar-refractivity contribution in [3.63, 3.8) is 0 Å². The number of nitrogens with one attached hydrogen (secondary N) is 1. The summed E-state index contributed by atoms with van der Waals surface area (Å²) in [4.78, 5) is 38.5. The van der Waals surface area contributed by atoms with E-state index < -0.39 is 17.8 Å². The molecule has 0 radical (unpaired) electrons. The fourth-order valence-corrected chi connectivity index (χ4v) is 4.04. The summed E-state index contributed by atoms with van der Waals surface area (Å²) in [5, 5.41) is 3.13. The lowest BCUT2D eigenvalue weighted by molar-refractivity contribution is -0.122. The molecule has 4 rings (SSSR count). The van der Waals surface area contributed by atoms with E-state index >= 15 is 0 Å². The molecule has 1 fully saturated rings. The molecule has 6 nitrogen and oxygen atoms in total. The monoisotopic (exact) mass is 500 g/mol. The Hall–Kier alpha value is -3.32. The highest BCUT2D eigenvalue weighted by atomic mass is 35.5. The van der Waals surface area contributed by atoms with Crippen LogP contribution in [0.2, 0.25) is 15.1 Å². The highest BCUT2D eigenvalue weighted by molar-refractivity contribution is 6.40. The Balaban J connectivity index is 1.60. The van der Waals surface area contributed by atoms with Crippen molar-refractivity contribution in [1.29, 1.82) is 0 Å². The first-order valence-electron chi connectivity index (χ1n) is 9.66. The molecular weight excluding hydrogens is 487 g/mol. The zero-order chi connectivity index (χ0) is 23.5. The summed E-state index contributed by atoms with van der Waals surface area (Å²) >= 11 is 18.7. The van der Waals surface area contributed by atoms with Crippen molar-refractivity contribution in [3.05, 3.63) is 98.5 Å². The molecule has 1 heterocycles. The van der Waals surface area contributed by atoms with Gasteiger partial charge in [0.05, 0.1) is 15.7 Å². The quantitative estimate of drug-likeness (QED) is 0.349. The van der Waals surface area contributed by atoms with Crippen LogP contribution in [0.5, 0.6) is 5.75 Å². The molecule has 0 spiro atoms. The molecule has 0 bridgehead atoms. The second-order valence-electron chi connectivity index (χ2n) is 7.03. The van der Waals surface area contributed by atoms with Crippen LogP contribution in [0, 0.1) is 0 Å². The topological polar surface area (TPSA) is 75.7 Å². The van der Waals surface area contributed by atoms with Crippen molar-refractivity contribution >= 4 is 64.4 Å². The Morgan fingerprint density at radius 1 is 0.879 bits per heavy atom. The largest absolute Gasteiger partial charge is 0.486 e. The zero-order valence-corrected chi connectivity index (χ0v) is 19.1. The number of para-hydroxylation sites is 1. The third-order valence-corrected chi connectivity index (χ3v) is 5.52. The van der Waals surface area contributed by atoms with Crippen molar-refractivity contribution < 1.29 is 19.1 Å². The third-order valence-electron chi connectivity index (χ3n) is 4.72.